The molecule has 4 aliphatic rings. The van der Waals surface area contributed by atoms with Crippen molar-refractivity contribution in [1.29, 1.82) is 0 Å². The fraction of sp³-hybridized carbons (Fsp3) is 0.294. The number of anilines is 2. The summed E-state index contributed by atoms with van der Waals surface area (Å²) in [6.07, 6.45) is 2.25. The van der Waals surface area contributed by atoms with Gasteiger partial charge in [0.15, 0.2) is 0 Å². The second-order valence-corrected chi connectivity index (χ2v) is 13.0. The number of aromatic hydroxyl groups is 1. The average molecular weight is 650 g/mol. The third-order valence-electron chi connectivity index (χ3n) is 10.1. The van der Waals surface area contributed by atoms with Gasteiger partial charge in [-0.3, -0.25) is 24.1 Å². The van der Waals surface area contributed by atoms with Gasteiger partial charge in [-0.05, 0) is 86.3 Å². The van der Waals surface area contributed by atoms with Crippen molar-refractivity contribution >= 4 is 58.2 Å². The van der Waals surface area contributed by atoms with Crippen LogP contribution in [0, 0.1) is 34.9 Å². The van der Waals surface area contributed by atoms with Gasteiger partial charge in [-0.25, -0.2) is 9.29 Å². The van der Waals surface area contributed by atoms with E-state index < -0.39 is 52.6 Å². The predicted molar refractivity (Wildman–Crippen MR) is 165 cm³/mol. The lowest BCUT2D eigenvalue weighted by molar-refractivity contribution is -0.131. The Morgan fingerprint density at radius 2 is 1.60 bits per heavy atom. The zero-order valence-electron chi connectivity index (χ0n) is 24.2. The normalized spacial score (nSPS) is 29.0. The number of amides is 4. The van der Waals surface area contributed by atoms with E-state index in [0.29, 0.717) is 27.6 Å². The Bertz CT molecular complexity index is 1840. The lowest BCUT2D eigenvalue weighted by atomic mass is 9.51. The molecule has 2 heterocycles. The van der Waals surface area contributed by atoms with Crippen LogP contribution in [0.3, 0.4) is 0 Å². The Labute approximate surface area is 268 Å². The first-order valence-corrected chi connectivity index (χ1v) is 15.3. The van der Waals surface area contributed by atoms with Crippen LogP contribution >= 0.6 is 23.2 Å². The predicted octanol–water partition coefficient (Wildman–Crippen LogP) is 6.28. The number of phenols is 1. The van der Waals surface area contributed by atoms with Crippen molar-refractivity contribution in [2.75, 3.05) is 16.9 Å². The van der Waals surface area contributed by atoms with Crippen molar-refractivity contribution in [3.05, 3.63) is 93.7 Å². The van der Waals surface area contributed by atoms with Crippen molar-refractivity contribution in [2.24, 2.45) is 29.1 Å². The summed E-state index contributed by atoms with van der Waals surface area (Å²) in [4.78, 5) is 58.8. The van der Waals surface area contributed by atoms with E-state index in [0.717, 1.165) is 11.0 Å². The molecule has 0 aromatic heterocycles. The Hall–Kier alpha value is -4.21. The molecule has 2 aliphatic carbocycles. The number of phenolic OH excluding ortho intramolecular Hbond substituents is 1. The van der Waals surface area contributed by atoms with Crippen LogP contribution < -0.4 is 14.5 Å². The van der Waals surface area contributed by atoms with Crippen LogP contribution in [-0.4, -0.2) is 35.8 Å². The van der Waals surface area contributed by atoms with E-state index in [1.807, 2.05) is 6.08 Å². The molecular formula is C34H27Cl2FN2O6. The van der Waals surface area contributed by atoms with E-state index >= 15 is 0 Å². The summed E-state index contributed by atoms with van der Waals surface area (Å²) in [6, 6.07) is 14.8. The number of hydrogen-bond acceptors (Lipinski definition) is 6. The maximum Gasteiger partial charge on any atom is 0.241 e. The van der Waals surface area contributed by atoms with E-state index in [4.69, 9.17) is 27.9 Å². The summed E-state index contributed by atoms with van der Waals surface area (Å²) in [5.41, 5.74) is 0.190. The van der Waals surface area contributed by atoms with Crippen molar-refractivity contribution < 1.29 is 33.4 Å². The van der Waals surface area contributed by atoms with Gasteiger partial charge in [-0.15, -0.1) is 0 Å². The lowest BCUT2D eigenvalue weighted by Crippen LogP contribution is -2.48. The molecule has 8 nitrogen and oxygen atoms in total. The third-order valence-corrected chi connectivity index (χ3v) is 10.6. The molecule has 6 atom stereocenters. The highest BCUT2D eigenvalue weighted by Crippen LogP contribution is 2.64. The molecule has 6 unspecified atom stereocenters. The molecule has 3 aromatic carbocycles. The number of allylic oxidation sites excluding steroid dienone is 2. The molecule has 0 bridgehead atoms. The van der Waals surface area contributed by atoms with E-state index in [-0.39, 0.29) is 41.1 Å². The molecule has 3 fully saturated rings. The zero-order valence-corrected chi connectivity index (χ0v) is 25.7. The maximum atomic E-state index is 14.5. The molecule has 4 amide bonds. The van der Waals surface area contributed by atoms with Gasteiger partial charge < -0.3 is 9.84 Å². The Kier molecular flexibility index (Phi) is 6.83. The second-order valence-electron chi connectivity index (χ2n) is 12.2. The summed E-state index contributed by atoms with van der Waals surface area (Å²) >= 11 is 12.1. The third kappa shape index (κ3) is 4.17. The maximum absolute atomic E-state index is 14.5. The molecule has 1 saturated carbocycles. The molecule has 11 heteroatoms. The molecular weight excluding hydrogens is 622 g/mol. The van der Waals surface area contributed by atoms with E-state index in [9.17, 15) is 28.7 Å². The molecule has 0 spiro atoms. The van der Waals surface area contributed by atoms with E-state index in [2.05, 4.69) is 0 Å². The summed E-state index contributed by atoms with van der Waals surface area (Å²) < 4.78 is 19.5. The van der Waals surface area contributed by atoms with Crippen LogP contribution in [-0.2, 0) is 19.2 Å². The van der Waals surface area contributed by atoms with Crippen molar-refractivity contribution in [1.82, 2.24) is 0 Å². The molecule has 45 heavy (non-hydrogen) atoms. The van der Waals surface area contributed by atoms with Gasteiger partial charge in [-0.1, -0.05) is 34.9 Å². The Morgan fingerprint density at radius 3 is 2.29 bits per heavy atom. The lowest BCUT2D eigenvalue weighted by Gasteiger charge is -2.49. The van der Waals surface area contributed by atoms with Gasteiger partial charge in [0.1, 0.15) is 17.3 Å². The van der Waals surface area contributed by atoms with Gasteiger partial charge in [0.05, 0.1) is 46.7 Å². The van der Waals surface area contributed by atoms with Gasteiger partial charge in [0.25, 0.3) is 0 Å². The number of hydrogen-bond donors (Lipinski definition) is 1. The van der Waals surface area contributed by atoms with Gasteiger partial charge in [0, 0.05) is 16.5 Å². The quantitative estimate of drug-likeness (QED) is 0.264. The number of benzene rings is 3. The molecule has 1 N–H and O–H groups in total. The number of methoxy groups -OCH3 is 1. The van der Waals surface area contributed by atoms with Crippen molar-refractivity contribution in [3.63, 3.8) is 0 Å². The van der Waals surface area contributed by atoms with Crippen molar-refractivity contribution in [3.8, 4) is 11.5 Å². The number of carbonyl (C=O) groups is 4. The highest BCUT2D eigenvalue weighted by Gasteiger charge is 2.68. The first-order chi connectivity index (χ1) is 21.5. The van der Waals surface area contributed by atoms with Crippen LogP contribution in [0.1, 0.15) is 31.2 Å². The molecule has 0 radical (unpaired) electrons. The van der Waals surface area contributed by atoms with Gasteiger partial charge in [-0.2, -0.15) is 0 Å². The van der Waals surface area contributed by atoms with E-state index in [1.165, 1.54) is 30.2 Å². The molecule has 3 aromatic rings. The number of ether oxygens (including phenoxy) is 1. The Balaban J connectivity index is 1.38. The fourth-order valence-electron chi connectivity index (χ4n) is 7.97. The largest absolute Gasteiger partial charge is 0.508 e. The fourth-order valence-corrected chi connectivity index (χ4v) is 8.27. The monoisotopic (exact) mass is 648 g/mol. The SMILES string of the molecule is COc1ccc(O)c(C2C3=CCC4C(=O)N(c5ccc(Cl)cc5)C(=O)C4C3CC3C(=O)N(c4ccc(F)c(Cl)c4)C(=O)C32C)c1. The zero-order chi connectivity index (χ0) is 31.9. The Morgan fingerprint density at radius 1 is 0.889 bits per heavy atom. The molecule has 2 saturated heterocycles. The first kappa shape index (κ1) is 29.5. The number of imide groups is 2. The van der Waals surface area contributed by atoms with Crippen LogP contribution in [0.25, 0.3) is 0 Å². The number of nitrogens with zero attached hydrogens (tertiary/aromatic N) is 2. The minimum atomic E-state index is -1.40. The summed E-state index contributed by atoms with van der Waals surface area (Å²) in [7, 11) is 1.48. The van der Waals surface area contributed by atoms with Crippen LogP contribution in [0.4, 0.5) is 15.8 Å². The topological polar surface area (TPSA) is 104 Å². The van der Waals surface area contributed by atoms with Gasteiger partial charge >= 0.3 is 0 Å². The van der Waals surface area contributed by atoms with Crippen LogP contribution in [0.15, 0.2) is 72.3 Å². The minimum absolute atomic E-state index is 0.107. The number of carbonyl (C=O) groups excluding carboxylic acids is 4. The van der Waals surface area contributed by atoms with E-state index in [1.54, 1.807) is 43.3 Å². The number of fused-ring (bicyclic) bond motifs is 4. The van der Waals surface area contributed by atoms with Crippen LogP contribution in [0.2, 0.25) is 10.0 Å². The minimum Gasteiger partial charge on any atom is -0.508 e. The molecule has 230 valence electrons. The summed E-state index contributed by atoms with van der Waals surface area (Å²) in [6.45, 7) is 1.69. The summed E-state index contributed by atoms with van der Waals surface area (Å²) in [5, 5.41) is 11.4. The standard InChI is InChI=1S/C34H27Cl2FN2O6/c1-34-24(31(42)39(33(34)44)18-7-11-26(37)25(36)13-18)15-22-20(29(34)23-14-19(45-2)8-12-27(23)40)9-10-21-28(22)32(43)38(30(21)41)17-5-3-16(35)4-6-17/h3-9,11-14,21-22,24,28-29,40H,10,15H2,1-2H3. The van der Waals surface area contributed by atoms with Gasteiger partial charge in [0.2, 0.25) is 23.6 Å². The van der Waals surface area contributed by atoms with Crippen LogP contribution in [0.5, 0.6) is 11.5 Å². The number of halogens is 3. The second kappa shape index (κ2) is 10.4. The summed E-state index contributed by atoms with van der Waals surface area (Å²) in [5.74, 6) is -5.97. The highest BCUT2D eigenvalue weighted by molar-refractivity contribution is 6.32. The highest BCUT2D eigenvalue weighted by atomic mass is 35.5. The molecule has 7 rings (SSSR count). The molecule has 2 aliphatic heterocycles. The average Bonchev–Trinajstić information content (AvgIpc) is 3.39. The number of rotatable bonds is 4. The first-order valence-electron chi connectivity index (χ1n) is 14.5. The smallest absolute Gasteiger partial charge is 0.241 e. The van der Waals surface area contributed by atoms with Crippen molar-refractivity contribution in [2.45, 2.75) is 25.7 Å².